The predicted molar refractivity (Wildman–Crippen MR) is 84.1 cm³/mol. The Morgan fingerprint density at radius 2 is 2.26 bits per heavy atom. The van der Waals surface area contributed by atoms with Gasteiger partial charge in [0.25, 0.3) is 0 Å². The topological polar surface area (TPSA) is 29.3 Å². The van der Waals surface area contributed by atoms with Gasteiger partial charge < -0.3 is 5.73 Å². The average molecular weight is 298 g/mol. The van der Waals surface area contributed by atoms with E-state index in [1.54, 1.807) is 12.1 Å². The maximum atomic E-state index is 13.9. The van der Waals surface area contributed by atoms with Gasteiger partial charge in [-0.3, -0.25) is 4.90 Å². The molecule has 1 saturated heterocycles. The molecule has 1 aliphatic rings. The van der Waals surface area contributed by atoms with Crippen molar-refractivity contribution in [2.45, 2.75) is 31.7 Å². The first kappa shape index (κ1) is 14.8. The minimum atomic E-state index is -0.182. The van der Waals surface area contributed by atoms with Crippen LogP contribution in [-0.4, -0.2) is 33.5 Å². The van der Waals surface area contributed by atoms with Crippen molar-refractivity contribution in [3.8, 4) is 0 Å². The number of nitrogens with zero attached hydrogens (tertiary/aromatic N) is 1. The lowest BCUT2D eigenvalue weighted by atomic mass is 10.1. The molecule has 1 aliphatic heterocycles. The lowest BCUT2D eigenvalue weighted by Gasteiger charge is -2.37. The van der Waals surface area contributed by atoms with Gasteiger partial charge in [0.15, 0.2) is 0 Å². The van der Waals surface area contributed by atoms with E-state index >= 15 is 0 Å². The fourth-order valence-electron chi connectivity index (χ4n) is 2.29. The molecule has 1 heterocycles. The molecule has 2 unspecified atom stereocenters. The van der Waals surface area contributed by atoms with E-state index in [1.165, 1.54) is 6.07 Å². The van der Waals surface area contributed by atoms with E-state index in [0.29, 0.717) is 28.4 Å². The second kappa shape index (κ2) is 6.20. The Balaban J connectivity index is 2.18. The lowest BCUT2D eigenvalue weighted by molar-refractivity contribution is 0.202. The standard InChI is InChI=1S/C14H19FN2S2/c1-9-10(2)19-6-5-17(9)8-12-7-11(14(16)18)3-4-13(12)15/h3-4,7,9-10H,5-6,8H2,1-2H3,(H2,16,18). The minimum Gasteiger partial charge on any atom is -0.389 e. The molecule has 0 radical (unpaired) electrons. The molecule has 1 aromatic rings. The van der Waals surface area contributed by atoms with E-state index in [4.69, 9.17) is 18.0 Å². The smallest absolute Gasteiger partial charge is 0.127 e. The minimum absolute atomic E-state index is 0.182. The normalized spacial score (nSPS) is 24.4. The Kier molecular flexibility index (Phi) is 4.81. The first-order chi connectivity index (χ1) is 8.99. The Morgan fingerprint density at radius 1 is 1.53 bits per heavy atom. The third-order valence-corrected chi connectivity index (χ3v) is 5.29. The van der Waals surface area contributed by atoms with Gasteiger partial charge >= 0.3 is 0 Å². The number of rotatable bonds is 3. The van der Waals surface area contributed by atoms with Crippen LogP contribution in [0.2, 0.25) is 0 Å². The van der Waals surface area contributed by atoms with Crippen molar-refractivity contribution in [2.75, 3.05) is 12.3 Å². The monoisotopic (exact) mass is 298 g/mol. The van der Waals surface area contributed by atoms with Crippen LogP contribution < -0.4 is 5.73 Å². The van der Waals surface area contributed by atoms with Gasteiger partial charge in [-0.15, -0.1) is 0 Å². The summed E-state index contributed by atoms with van der Waals surface area (Å²) in [5.41, 5.74) is 7.02. The zero-order chi connectivity index (χ0) is 14.0. The molecule has 0 amide bonds. The van der Waals surface area contributed by atoms with Crippen LogP contribution in [0.15, 0.2) is 18.2 Å². The number of hydrogen-bond donors (Lipinski definition) is 1. The van der Waals surface area contributed by atoms with Crippen molar-refractivity contribution in [3.63, 3.8) is 0 Å². The number of thioether (sulfide) groups is 1. The Labute approximate surface area is 123 Å². The van der Waals surface area contributed by atoms with Crippen molar-refractivity contribution < 1.29 is 4.39 Å². The molecule has 2 rings (SSSR count). The van der Waals surface area contributed by atoms with Crippen molar-refractivity contribution in [2.24, 2.45) is 5.73 Å². The van der Waals surface area contributed by atoms with Crippen LogP contribution in [0.1, 0.15) is 25.0 Å². The number of nitrogens with two attached hydrogens (primary N) is 1. The van der Waals surface area contributed by atoms with Gasteiger partial charge in [0.05, 0.1) is 0 Å². The summed E-state index contributed by atoms with van der Waals surface area (Å²) in [6.45, 7) is 6.04. The molecule has 5 heteroatoms. The summed E-state index contributed by atoms with van der Waals surface area (Å²) < 4.78 is 13.9. The third-order valence-electron chi connectivity index (χ3n) is 3.72. The van der Waals surface area contributed by atoms with Crippen LogP contribution in [0.3, 0.4) is 0 Å². The predicted octanol–water partition coefficient (Wildman–Crippen LogP) is 2.79. The molecule has 2 N–H and O–H groups in total. The second-order valence-corrected chi connectivity index (χ2v) is 6.88. The van der Waals surface area contributed by atoms with Crippen LogP contribution in [0.25, 0.3) is 0 Å². The molecule has 0 saturated carbocycles. The van der Waals surface area contributed by atoms with Crippen molar-refractivity contribution in [3.05, 3.63) is 35.1 Å². The summed E-state index contributed by atoms with van der Waals surface area (Å²) >= 11 is 6.93. The molecule has 0 bridgehead atoms. The van der Waals surface area contributed by atoms with Gasteiger partial charge in [0, 0.05) is 41.3 Å². The van der Waals surface area contributed by atoms with Crippen LogP contribution in [0.4, 0.5) is 4.39 Å². The first-order valence-electron chi connectivity index (χ1n) is 6.43. The van der Waals surface area contributed by atoms with E-state index in [-0.39, 0.29) is 5.82 Å². The summed E-state index contributed by atoms with van der Waals surface area (Å²) in [6, 6.07) is 5.32. The van der Waals surface area contributed by atoms with Crippen molar-refractivity contribution in [1.82, 2.24) is 4.90 Å². The van der Waals surface area contributed by atoms with Crippen molar-refractivity contribution in [1.29, 1.82) is 0 Å². The molecule has 2 atom stereocenters. The maximum Gasteiger partial charge on any atom is 0.127 e. The third kappa shape index (κ3) is 3.46. The van der Waals surface area contributed by atoms with E-state index in [1.807, 2.05) is 11.8 Å². The van der Waals surface area contributed by atoms with E-state index in [9.17, 15) is 4.39 Å². The van der Waals surface area contributed by atoms with Crippen molar-refractivity contribution >= 4 is 29.0 Å². The van der Waals surface area contributed by atoms with Crippen LogP contribution >= 0.6 is 24.0 Å². The maximum absolute atomic E-state index is 13.9. The van der Waals surface area contributed by atoms with Gasteiger partial charge in [0.1, 0.15) is 10.8 Å². The molecule has 1 fully saturated rings. The van der Waals surface area contributed by atoms with Crippen LogP contribution in [0, 0.1) is 5.82 Å². The molecular formula is C14H19FN2S2. The van der Waals surface area contributed by atoms with E-state index in [0.717, 1.165) is 17.9 Å². The fraction of sp³-hybridized carbons (Fsp3) is 0.500. The molecule has 0 spiro atoms. The largest absolute Gasteiger partial charge is 0.389 e. The van der Waals surface area contributed by atoms with E-state index in [2.05, 4.69) is 18.7 Å². The highest BCUT2D eigenvalue weighted by molar-refractivity contribution is 8.00. The van der Waals surface area contributed by atoms with Gasteiger partial charge in [-0.2, -0.15) is 11.8 Å². The van der Waals surface area contributed by atoms with Gasteiger partial charge in [0.2, 0.25) is 0 Å². The summed E-state index contributed by atoms with van der Waals surface area (Å²) in [5, 5.41) is 0.579. The number of hydrogen-bond acceptors (Lipinski definition) is 3. The molecule has 19 heavy (non-hydrogen) atoms. The molecule has 0 aliphatic carbocycles. The molecule has 1 aromatic carbocycles. The van der Waals surface area contributed by atoms with Gasteiger partial charge in [-0.25, -0.2) is 4.39 Å². The highest BCUT2D eigenvalue weighted by Crippen LogP contribution is 2.26. The number of halogens is 1. The van der Waals surface area contributed by atoms with Gasteiger partial charge in [-0.05, 0) is 25.1 Å². The second-order valence-electron chi connectivity index (χ2n) is 4.96. The SMILES string of the molecule is CC1SCCN(Cc2cc(C(N)=S)ccc2F)C1C. The summed E-state index contributed by atoms with van der Waals surface area (Å²) in [4.78, 5) is 2.64. The molecule has 104 valence electrons. The highest BCUT2D eigenvalue weighted by Gasteiger charge is 2.25. The molecule has 0 aromatic heterocycles. The van der Waals surface area contributed by atoms with Crippen LogP contribution in [0.5, 0.6) is 0 Å². The molecular weight excluding hydrogens is 279 g/mol. The Hall–Kier alpha value is -0.650. The number of thiocarbonyl (C=S) groups is 1. The zero-order valence-corrected chi connectivity index (χ0v) is 12.9. The Bertz CT molecular complexity index is 479. The first-order valence-corrected chi connectivity index (χ1v) is 7.88. The summed E-state index contributed by atoms with van der Waals surface area (Å²) in [5.74, 6) is 0.917. The van der Waals surface area contributed by atoms with E-state index < -0.39 is 0 Å². The highest BCUT2D eigenvalue weighted by atomic mass is 32.2. The Morgan fingerprint density at radius 3 is 2.95 bits per heavy atom. The van der Waals surface area contributed by atoms with Gasteiger partial charge in [-0.1, -0.05) is 19.1 Å². The average Bonchev–Trinajstić information content (AvgIpc) is 2.37. The van der Waals surface area contributed by atoms with Crippen LogP contribution in [-0.2, 0) is 6.54 Å². The summed E-state index contributed by atoms with van der Waals surface area (Å²) in [6.07, 6.45) is 0. The zero-order valence-electron chi connectivity index (χ0n) is 11.2. The quantitative estimate of drug-likeness (QED) is 0.869. The fourth-order valence-corrected chi connectivity index (χ4v) is 3.58. The lowest BCUT2D eigenvalue weighted by Crippen LogP contribution is -2.44. The summed E-state index contributed by atoms with van der Waals surface area (Å²) in [7, 11) is 0. The number of benzene rings is 1. The molecule has 2 nitrogen and oxygen atoms in total.